The van der Waals surface area contributed by atoms with Crippen molar-refractivity contribution in [3.05, 3.63) is 76.2 Å². The van der Waals surface area contributed by atoms with Crippen molar-refractivity contribution in [2.45, 2.75) is 13.8 Å². The molecule has 1 heterocycles. The van der Waals surface area contributed by atoms with Gasteiger partial charge in [-0.15, -0.1) is 0 Å². The van der Waals surface area contributed by atoms with Gasteiger partial charge < -0.3 is 4.74 Å². The maximum absolute atomic E-state index is 12.8. The number of carbonyl (C=O) groups excluding carboxylic acids is 1. The van der Waals surface area contributed by atoms with Gasteiger partial charge in [0.25, 0.3) is 5.56 Å². The Kier molecular flexibility index (Phi) is 3.98. The quantitative estimate of drug-likeness (QED) is 0.696. The summed E-state index contributed by atoms with van der Waals surface area (Å²) in [7, 11) is 0. The van der Waals surface area contributed by atoms with Crippen molar-refractivity contribution in [1.29, 1.82) is 0 Å². The number of fused-ring (bicyclic) bond motifs is 1. The van der Waals surface area contributed by atoms with E-state index in [1.54, 1.807) is 37.4 Å². The smallest absolute Gasteiger partial charge is 0.340 e. The Morgan fingerprint density at radius 1 is 1.04 bits per heavy atom. The second kappa shape index (κ2) is 6.08. The van der Waals surface area contributed by atoms with Crippen LogP contribution in [0.25, 0.3) is 16.5 Å². The van der Waals surface area contributed by atoms with Crippen molar-refractivity contribution < 1.29 is 9.53 Å². The zero-order valence-electron chi connectivity index (χ0n) is 13.1. The van der Waals surface area contributed by atoms with Crippen LogP contribution in [0, 0.1) is 6.92 Å². The van der Waals surface area contributed by atoms with Crippen LogP contribution in [0.5, 0.6) is 0 Å². The van der Waals surface area contributed by atoms with E-state index in [1.165, 1.54) is 4.57 Å². The number of benzene rings is 2. The maximum atomic E-state index is 12.8. The van der Waals surface area contributed by atoms with E-state index >= 15 is 0 Å². The topological polar surface area (TPSA) is 48.3 Å². The Labute approximate surface area is 133 Å². The largest absolute Gasteiger partial charge is 0.462 e. The SMILES string of the molecule is CCOC(=O)c1cn(-c2ccc(C)cc2)c(=O)c2ccccc12. The first-order chi connectivity index (χ1) is 11.1. The Bertz CT molecular complexity index is 923. The summed E-state index contributed by atoms with van der Waals surface area (Å²) >= 11 is 0. The first kappa shape index (κ1) is 15.0. The summed E-state index contributed by atoms with van der Waals surface area (Å²) in [5.74, 6) is -0.426. The summed E-state index contributed by atoms with van der Waals surface area (Å²) in [4.78, 5) is 25.0. The standard InChI is InChI=1S/C19H17NO3/c1-3-23-19(22)17-12-20(14-10-8-13(2)9-11-14)18(21)16-7-5-4-6-15(16)17/h4-12H,3H2,1-2H3. The summed E-state index contributed by atoms with van der Waals surface area (Å²) in [5.41, 5.74) is 2.06. The molecular weight excluding hydrogens is 290 g/mol. The van der Waals surface area contributed by atoms with E-state index in [0.29, 0.717) is 16.3 Å². The predicted molar refractivity (Wildman–Crippen MR) is 90.2 cm³/mol. The molecule has 0 spiro atoms. The summed E-state index contributed by atoms with van der Waals surface area (Å²) < 4.78 is 6.63. The van der Waals surface area contributed by atoms with E-state index in [9.17, 15) is 9.59 Å². The molecule has 4 heteroatoms. The average Bonchev–Trinajstić information content (AvgIpc) is 2.57. The number of pyridine rings is 1. The van der Waals surface area contributed by atoms with Crippen molar-refractivity contribution in [2.24, 2.45) is 0 Å². The van der Waals surface area contributed by atoms with Gasteiger partial charge in [-0.25, -0.2) is 4.79 Å². The number of ether oxygens (including phenoxy) is 1. The van der Waals surface area contributed by atoms with Gasteiger partial charge >= 0.3 is 5.97 Å². The summed E-state index contributed by atoms with van der Waals surface area (Å²) in [6.07, 6.45) is 1.56. The lowest BCUT2D eigenvalue weighted by molar-refractivity contribution is 0.0528. The Morgan fingerprint density at radius 3 is 2.35 bits per heavy atom. The summed E-state index contributed by atoms with van der Waals surface area (Å²) in [6, 6.07) is 14.7. The molecule has 23 heavy (non-hydrogen) atoms. The maximum Gasteiger partial charge on any atom is 0.340 e. The van der Waals surface area contributed by atoms with E-state index in [1.807, 2.05) is 31.2 Å². The van der Waals surface area contributed by atoms with Crippen molar-refractivity contribution in [2.75, 3.05) is 6.61 Å². The molecular formula is C19H17NO3. The third kappa shape index (κ3) is 2.75. The van der Waals surface area contributed by atoms with Crippen LogP contribution in [0.15, 0.2) is 59.5 Å². The number of rotatable bonds is 3. The molecule has 0 saturated heterocycles. The molecule has 116 valence electrons. The zero-order valence-corrected chi connectivity index (χ0v) is 13.1. The minimum Gasteiger partial charge on any atom is -0.462 e. The van der Waals surface area contributed by atoms with E-state index in [4.69, 9.17) is 4.74 Å². The van der Waals surface area contributed by atoms with Crippen LogP contribution < -0.4 is 5.56 Å². The third-order valence-corrected chi connectivity index (χ3v) is 3.73. The van der Waals surface area contributed by atoms with Crippen LogP contribution in [0.4, 0.5) is 0 Å². The van der Waals surface area contributed by atoms with Crippen molar-refractivity contribution in [3.63, 3.8) is 0 Å². The number of hydrogen-bond acceptors (Lipinski definition) is 3. The van der Waals surface area contributed by atoms with E-state index in [-0.39, 0.29) is 12.2 Å². The number of carbonyl (C=O) groups is 1. The van der Waals surface area contributed by atoms with E-state index < -0.39 is 5.97 Å². The Balaban J connectivity index is 2.31. The molecule has 3 rings (SSSR count). The van der Waals surface area contributed by atoms with Crippen molar-refractivity contribution in [1.82, 2.24) is 4.57 Å². The molecule has 1 aromatic heterocycles. The lowest BCUT2D eigenvalue weighted by Crippen LogP contribution is -2.21. The second-order valence-electron chi connectivity index (χ2n) is 5.32. The van der Waals surface area contributed by atoms with Gasteiger partial charge in [0.05, 0.1) is 12.2 Å². The van der Waals surface area contributed by atoms with Gasteiger partial charge in [-0.2, -0.15) is 0 Å². The van der Waals surface area contributed by atoms with Crippen LogP contribution >= 0.6 is 0 Å². The highest BCUT2D eigenvalue weighted by molar-refractivity contribution is 6.04. The van der Waals surface area contributed by atoms with Crippen LogP contribution in [0.2, 0.25) is 0 Å². The predicted octanol–water partition coefficient (Wildman–Crippen LogP) is 3.48. The molecule has 0 aliphatic carbocycles. The fourth-order valence-electron chi connectivity index (χ4n) is 2.56. The molecule has 0 atom stereocenters. The average molecular weight is 307 g/mol. The molecule has 0 radical (unpaired) electrons. The highest BCUT2D eigenvalue weighted by atomic mass is 16.5. The first-order valence-corrected chi connectivity index (χ1v) is 7.50. The normalized spacial score (nSPS) is 10.7. The lowest BCUT2D eigenvalue weighted by Gasteiger charge is -2.12. The molecule has 0 N–H and O–H groups in total. The lowest BCUT2D eigenvalue weighted by atomic mass is 10.1. The molecule has 0 bridgehead atoms. The zero-order chi connectivity index (χ0) is 16.4. The van der Waals surface area contributed by atoms with Gasteiger partial charge in [0.2, 0.25) is 0 Å². The van der Waals surface area contributed by atoms with Crippen LogP contribution in [-0.2, 0) is 4.74 Å². The van der Waals surface area contributed by atoms with Crippen LogP contribution in [0.3, 0.4) is 0 Å². The van der Waals surface area contributed by atoms with Gasteiger partial charge in [-0.05, 0) is 32.0 Å². The molecule has 0 unspecified atom stereocenters. The Hall–Kier alpha value is -2.88. The molecule has 2 aromatic carbocycles. The van der Waals surface area contributed by atoms with E-state index in [0.717, 1.165) is 11.3 Å². The van der Waals surface area contributed by atoms with Gasteiger partial charge in [0.15, 0.2) is 0 Å². The second-order valence-corrected chi connectivity index (χ2v) is 5.32. The Morgan fingerprint density at radius 2 is 1.70 bits per heavy atom. The van der Waals surface area contributed by atoms with Crippen LogP contribution in [-0.4, -0.2) is 17.1 Å². The number of hydrogen-bond donors (Lipinski definition) is 0. The van der Waals surface area contributed by atoms with Gasteiger partial charge in [0, 0.05) is 22.7 Å². The minimum atomic E-state index is -0.426. The van der Waals surface area contributed by atoms with Gasteiger partial charge in [-0.1, -0.05) is 35.9 Å². The molecule has 0 amide bonds. The van der Waals surface area contributed by atoms with Crippen LogP contribution in [0.1, 0.15) is 22.8 Å². The monoisotopic (exact) mass is 307 g/mol. The summed E-state index contributed by atoms with van der Waals surface area (Å²) in [6.45, 7) is 4.03. The highest BCUT2D eigenvalue weighted by Crippen LogP contribution is 2.18. The fraction of sp³-hybridized carbons (Fsp3) is 0.158. The highest BCUT2D eigenvalue weighted by Gasteiger charge is 2.16. The molecule has 3 aromatic rings. The number of nitrogens with zero attached hydrogens (tertiary/aromatic N) is 1. The number of aryl methyl sites for hydroxylation is 1. The molecule has 0 aliphatic rings. The molecule has 0 saturated carbocycles. The fourth-order valence-corrected chi connectivity index (χ4v) is 2.56. The molecule has 0 aliphatic heterocycles. The van der Waals surface area contributed by atoms with Crippen molar-refractivity contribution >= 4 is 16.7 Å². The molecule has 4 nitrogen and oxygen atoms in total. The van der Waals surface area contributed by atoms with E-state index in [2.05, 4.69) is 0 Å². The third-order valence-electron chi connectivity index (χ3n) is 3.73. The van der Waals surface area contributed by atoms with Gasteiger partial charge in [-0.3, -0.25) is 9.36 Å². The number of esters is 1. The number of aromatic nitrogens is 1. The minimum absolute atomic E-state index is 0.155. The van der Waals surface area contributed by atoms with Crippen molar-refractivity contribution in [3.8, 4) is 5.69 Å². The molecule has 0 fully saturated rings. The van der Waals surface area contributed by atoms with Gasteiger partial charge in [0.1, 0.15) is 0 Å². The summed E-state index contributed by atoms with van der Waals surface area (Å²) in [5, 5.41) is 1.11. The first-order valence-electron chi connectivity index (χ1n) is 7.50.